The van der Waals surface area contributed by atoms with Gasteiger partial charge in [0.15, 0.2) is 0 Å². The van der Waals surface area contributed by atoms with Gasteiger partial charge in [-0.1, -0.05) is 22.0 Å². The van der Waals surface area contributed by atoms with E-state index in [1.165, 1.54) is 0 Å². The fraction of sp³-hybridized carbons (Fsp3) is 0.111. The minimum atomic E-state index is -0.322. The highest BCUT2D eigenvalue weighted by atomic mass is 79.9. The topological polar surface area (TPSA) is 46.2 Å². The van der Waals surface area contributed by atoms with Crippen LogP contribution >= 0.6 is 47.8 Å². The standard InChI is InChI=1S/C9H8Br3NO/c1-2-6(13)7-4(10)3-5(11)9(14)8(7)12/h2-3,6,14H,1,13H2. The molecule has 0 aliphatic carbocycles. The molecular formula is C9H8Br3NO. The lowest BCUT2D eigenvalue weighted by Gasteiger charge is -2.14. The lowest BCUT2D eigenvalue weighted by Crippen LogP contribution is -2.08. The highest BCUT2D eigenvalue weighted by molar-refractivity contribution is 9.11. The number of rotatable bonds is 2. The van der Waals surface area contributed by atoms with Crippen LogP contribution < -0.4 is 5.73 Å². The van der Waals surface area contributed by atoms with E-state index in [-0.39, 0.29) is 11.8 Å². The van der Waals surface area contributed by atoms with Crippen LogP contribution in [0.4, 0.5) is 0 Å². The van der Waals surface area contributed by atoms with Crippen molar-refractivity contribution in [3.63, 3.8) is 0 Å². The number of phenols is 1. The van der Waals surface area contributed by atoms with Crippen LogP contribution in [0.5, 0.6) is 5.75 Å². The average molecular weight is 386 g/mol. The maximum atomic E-state index is 9.65. The minimum absolute atomic E-state index is 0.139. The van der Waals surface area contributed by atoms with Crippen molar-refractivity contribution in [1.82, 2.24) is 0 Å². The van der Waals surface area contributed by atoms with Gasteiger partial charge in [0, 0.05) is 10.0 Å². The third kappa shape index (κ3) is 2.21. The van der Waals surface area contributed by atoms with Gasteiger partial charge < -0.3 is 10.8 Å². The third-order valence-corrected chi connectivity index (χ3v) is 3.83. The van der Waals surface area contributed by atoms with Gasteiger partial charge in [-0.3, -0.25) is 0 Å². The van der Waals surface area contributed by atoms with Gasteiger partial charge in [-0.05, 0) is 37.9 Å². The molecule has 0 amide bonds. The van der Waals surface area contributed by atoms with Gasteiger partial charge in [0.25, 0.3) is 0 Å². The van der Waals surface area contributed by atoms with Crippen LogP contribution in [0.25, 0.3) is 0 Å². The van der Waals surface area contributed by atoms with Crippen LogP contribution in [0.1, 0.15) is 11.6 Å². The second-order valence-corrected chi connectivity index (χ2v) is 5.18. The monoisotopic (exact) mass is 383 g/mol. The largest absolute Gasteiger partial charge is 0.506 e. The summed E-state index contributed by atoms with van der Waals surface area (Å²) in [4.78, 5) is 0. The molecule has 0 saturated heterocycles. The molecule has 0 saturated carbocycles. The summed E-state index contributed by atoms with van der Waals surface area (Å²) in [5.41, 5.74) is 6.59. The quantitative estimate of drug-likeness (QED) is 0.759. The SMILES string of the molecule is C=CC(N)c1c(Br)cc(Br)c(O)c1Br. The summed E-state index contributed by atoms with van der Waals surface area (Å²) < 4.78 is 2.00. The maximum Gasteiger partial charge on any atom is 0.144 e. The summed E-state index contributed by atoms with van der Waals surface area (Å²) in [5, 5.41) is 9.65. The molecule has 2 nitrogen and oxygen atoms in total. The van der Waals surface area contributed by atoms with Crippen LogP contribution in [0, 0.1) is 0 Å². The first kappa shape index (κ1) is 12.2. The van der Waals surface area contributed by atoms with Gasteiger partial charge >= 0.3 is 0 Å². The third-order valence-electron chi connectivity index (χ3n) is 1.77. The van der Waals surface area contributed by atoms with E-state index in [9.17, 15) is 5.11 Å². The lowest BCUT2D eigenvalue weighted by molar-refractivity contribution is 0.467. The summed E-state index contributed by atoms with van der Waals surface area (Å²) in [7, 11) is 0. The second kappa shape index (κ2) is 4.79. The molecule has 5 heteroatoms. The Hall–Kier alpha value is 0.160. The molecule has 0 spiro atoms. The lowest BCUT2D eigenvalue weighted by atomic mass is 10.1. The fourth-order valence-electron chi connectivity index (χ4n) is 1.02. The van der Waals surface area contributed by atoms with Crippen LogP contribution in [-0.2, 0) is 0 Å². The van der Waals surface area contributed by atoms with Crippen molar-refractivity contribution in [1.29, 1.82) is 0 Å². The molecule has 3 N–H and O–H groups in total. The maximum absolute atomic E-state index is 9.65. The number of nitrogens with two attached hydrogens (primary N) is 1. The van der Waals surface area contributed by atoms with Gasteiger partial charge in [-0.15, -0.1) is 6.58 Å². The number of hydrogen-bond acceptors (Lipinski definition) is 2. The van der Waals surface area contributed by atoms with Gasteiger partial charge in [0.05, 0.1) is 15.0 Å². The van der Waals surface area contributed by atoms with Crippen molar-refractivity contribution in [2.75, 3.05) is 0 Å². The molecule has 0 aliphatic heterocycles. The van der Waals surface area contributed by atoms with E-state index >= 15 is 0 Å². The number of phenolic OH excluding ortho intramolecular Hbond substituents is 1. The molecule has 76 valence electrons. The Morgan fingerprint density at radius 1 is 1.36 bits per heavy atom. The molecule has 0 radical (unpaired) electrons. The zero-order chi connectivity index (χ0) is 10.9. The predicted octanol–water partition coefficient (Wildman–Crippen LogP) is 3.87. The summed E-state index contributed by atoms with van der Waals surface area (Å²) in [6.45, 7) is 3.61. The van der Waals surface area contributed by atoms with Crippen molar-refractivity contribution >= 4 is 47.8 Å². The van der Waals surface area contributed by atoms with Crippen molar-refractivity contribution in [3.8, 4) is 5.75 Å². The Morgan fingerprint density at radius 3 is 2.43 bits per heavy atom. The summed E-state index contributed by atoms with van der Waals surface area (Å²) in [6, 6.07) is 1.43. The first-order valence-electron chi connectivity index (χ1n) is 3.73. The average Bonchev–Trinajstić information content (AvgIpc) is 2.14. The highest BCUT2D eigenvalue weighted by Crippen LogP contribution is 2.41. The first-order valence-corrected chi connectivity index (χ1v) is 6.11. The molecule has 0 aromatic heterocycles. The number of benzene rings is 1. The molecule has 0 aliphatic rings. The second-order valence-electron chi connectivity index (χ2n) is 2.68. The zero-order valence-electron chi connectivity index (χ0n) is 7.10. The Labute approximate surface area is 108 Å². The molecule has 1 aromatic carbocycles. The van der Waals surface area contributed by atoms with Crippen molar-refractivity contribution in [3.05, 3.63) is 37.7 Å². The smallest absolute Gasteiger partial charge is 0.144 e. The Balaban J connectivity index is 3.43. The minimum Gasteiger partial charge on any atom is -0.506 e. The van der Waals surface area contributed by atoms with Crippen molar-refractivity contribution in [2.45, 2.75) is 6.04 Å². The van der Waals surface area contributed by atoms with E-state index in [2.05, 4.69) is 54.4 Å². The van der Waals surface area contributed by atoms with E-state index in [0.717, 1.165) is 10.0 Å². The van der Waals surface area contributed by atoms with Gasteiger partial charge in [0.2, 0.25) is 0 Å². The molecule has 0 heterocycles. The number of hydrogen-bond donors (Lipinski definition) is 2. The molecule has 0 fully saturated rings. The normalized spacial score (nSPS) is 12.6. The highest BCUT2D eigenvalue weighted by Gasteiger charge is 2.16. The Kier molecular flexibility index (Phi) is 4.18. The summed E-state index contributed by atoms with van der Waals surface area (Å²) in [6.07, 6.45) is 1.61. The van der Waals surface area contributed by atoms with Crippen LogP contribution in [0.2, 0.25) is 0 Å². The van der Waals surface area contributed by atoms with Gasteiger partial charge in [-0.2, -0.15) is 0 Å². The summed E-state index contributed by atoms with van der Waals surface area (Å²) in [5.74, 6) is 0.139. The van der Waals surface area contributed by atoms with Crippen LogP contribution in [0.3, 0.4) is 0 Å². The molecule has 14 heavy (non-hydrogen) atoms. The van der Waals surface area contributed by atoms with Crippen LogP contribution in [0.15, 0.2) is 32.1 Å². The van der Waals surface area contributed by atoms with Crippen molar-refractivity contribution in [2.24, 2.45) is 5.73 Å². The molecule has 0 bridgehead atoms. The number of halogens is 3. The van der Waals surface area contributed by atoms with E-state index in [1.807, 2.05) is 0 Å². The first-order chi connectivity index (χ1) is 6.49. The van der Waals surface area contributed by atoms with E-state index in [4.69, 9.17) is 5.73 Å². The zero-order valence-corrected chi connectivity index (χ0v) is 11.9. The summed E-state index contributed by atoms with van der Waals surface area (Å²) >= 11 is 9.89. The molecule has 1 unspecified atom stereocenters. The molecule has 1 aromatic rings. The molecule has 1 atom stereocenters. The van der Waals surface area contributed by atoms with E-state index in [1.54, 1.807) is 12.1 Å². The fourth-order valence-corrected chi connectivity index (χ4v) is 3.67. The van der Waals surface area contributed by atoms with E-state index in [0.29, 0.717) is 8.95 Å². The Morgan fingerprint density at radius 2 is 1.93 bits per heavy atom. The van der Waals surface area contributed by atoms with Gasteiger partial charge in [-0.25, -0.2) is 0 Å². The molecule has 1 rings (SSSR count). The van der Waals surface area contributed by atoms with Crippen LogP contribution in [-0.4, -0.2) is 5.11 Å². The van der Waals surface area contributed by atoms with E-state index < -0.39 is 0 Å². The Bertz CT molecular complexity index is 379. The van der Waals surface area contributed by atoms with Gasteiger partial charge in [0.1, 0.15) is 5.75 Å². The molecular weight excluding hydrogens is 378 g/mol. The number of aromatic hydroxyl groups is 1. The van der Waals surface area contributed by atoms with Crippen molar-refractivity contribution < 1.29 is 5.11 Å². The predicted molar refractivity (Wildman–Crippen MR) is 68.3 cm³/mol.